The topological polar surface area (TPSA) is 69.6 Å². The van der Waals surface area contributed by atoms with Crippen LogP contribution in [0.15, 0.2) is 0 Å². The van der Waals surface area contributed by atoms with Crippen molar-refractivity contribution in [1.82, 2.24) is 10.2 Å². The molecule has 96 valence electrons. The van der Waals surface area contributed by atoms with Gasteiger partial charge in [-0.2, -0.15) is 0 Å². The molecule has 3 unspecified atom stereocenters. The standard InChI is InChI=1S/C12H20N2O3/c1-2-4-8-7-9(8)13-12(17)14-6-3-5-10(14)11(15)16/h8-10H,2-7H2,1H3,(H,13,17)(H,15,16). The molecule has 1 aliphatic heterocycles. The Kier molecular flexibility index (Phi) is 3.54. The second-order valence-corrected chi connectivity index (χ2v) is 5.03. The summed E-state index contributed by atoms with van der Waals surface area (Å²) in [6, 6.07) is -0.547. The summed E-state index contributed by atoms with van der Waals surface area (Å²) in [5, 5.41) is 11.9. The van der Waals surface area contributed by atoms with E-state index < -0.39 is 12.0 Å². The number of amides is 2. The van der Waals surface area contributed by atoms with Gasteiger partial charge in [0.15, 0.2) is 0 Å². The van der Waals surface area contributed by atoms with E-state index >= 15 is 0 Å². The average Bonchev–Trinajstić information content (AvgIpc) is 2.83. The van der Waals surface area contributed by atoms with Crippen molar-refractivity contribution in [1.29, 1.82) is 0 Å². The summed E-state index contributed by atoms with van der Waals surface area (Å²) in [5.74, 6) is -0.284. The fourth-order valence-electron chi connectivity index (χ4n) is 2.62. The Labute approximate surface area is 101 Å². The van der Waals surface area contributed by atoms with Crippen LogP contribution in [0.3, 0.4) is 0 Å². The molecule has 0 bridgehead atoms. The van der Waals surface area contributed by atoms with Crippen molar-refractivity contribution >= 4 is 12.0 Å². The number of likely N-dealkylation sites (tertiary alicyclic amines) is 1. The lowest BCUT2D eigenvalue weighted by Crippen LogP contribution is -2.46. The van der Waals surface area contributed by atoms with Crippen LogP contribution in [0.1, 0.15) is 39.0 Å². The smallest absolute Gasteiger partial charge is 0.326 e. The third-order valence-electron chi connectivity index (χ3n) is 3.69. The lowest BCUT2D eigenvalue weighted by molar-refractivity contribution is -0.141. The van der Waals surface area contributed by atoms with Gasteiger partial charge in [-0.3, -0.25) is 0 Å². The van der Waals surface area contributed by atoms with Crippen LogP contribution < -0.4 is 5.32 Å². The number of carbonyl (C=O) groups excluding carboxylic acids is 1. The largest absolute Gasteiger partial charge is 0.480 e. The molecular formula is C12H20N2O3. The van der Waals surface area contributed by atoms with Crippen LogP contribution in [0.2, 0.25) is 0 Å². The van der Waals surface area contributed by atoms with Gasteiger partial charge in [-0.25, -0.2) is 9.59 Å². The highest BCUT2D eigenvalue weighted by Crippen LogP contribution is 2.34. The molecule has 1 saturated heterocycles. The second kappa shape index (κ2) is 4.94. The minimum absolute atomic E-state index is 0.196. The molecule has 2 fully saturated rings. The molecule has 2 amide bonds. The van der Waals surface area contributed by atoms with Crippen molar-refractivity contribution in [3.63, 3.8) is 0 Å². The highest BCUT2D eigenvalue weighted by atomic mass is 16.4. The summed E-state index contributed by atoms with van der Waals surface area (Å²) in [7, 11) is 0. The number of hydrogen-bond donors (Lipinski definition) is 2. The summed E-state index contributed by atoms with van der Waals surface area (Å²) in [6.45, 7) is 2.70. The van der Waals surface area contributed by atoms with E-state index in [2.05, 4.69) is 12.2 Å². The molecule has 2 N–H and O–H groups in total. The van der Waals surface area contributed by atoms with E-state index in [0.717, 1.165) is 25.7 Å². The van der Waals surface area contributed by atoms with E-state index in [4.69, 9.17) is 5.11 Å². The Morgan fingerprint density at radius 2 is 2.24 bits per heavy atom. The van der Waals surface area contributed by atoms with Gasteiger partial charge in [0.05, 0.1) is 0 Å². The molecule has 2 aliphatic rings. The van der Waals surface area contributed by atoms with Crippen LogP contribution in [-0.2, 0) is 4.79 Å². The highest BCUT2D eigenvalue weighted by molar-refractivity contribution is 5.83. The van der Waals surface area contributed by atoms with E-state index in [1.54, 1.807) is 0 Å². The molecule has 1 saturated carbocycles. The Morgan fingerprint density at radius 1 is 1.47 bits per heavy atom. The zero-order chi connectivity index (χ0) is 12.4. The Balaban J connectivity index is 1.82. The summed E-state index contributed by atoms with van der Waals surface area (Å²) in [4.78, 5) is 24.3. The normalized spacial score (nSPS) is 31.4. The number of carbonyl (C=O) groups is 2. The van der Waals surface area contributed by atoms with Crippen molar-refractivity contribution in [3.05, 3.63) is 0 Å². The van der Waals surface area contributed by atoms with Gasteiger partial charge in [-0.15, -0.1) is 0 Å². The SMILES string of the molecule is CCCC1CC1NC(=O)N1CCCC1C(=O)O. The number of hydrogen-bond acceptors (Lipinski definition) is 2. The zero-order valence-corrected chi connectivity index (χ0v) is 10.2. The maximum atomic E-state index is 11.9. The van der Waals surface area contributed by atoms with E-state index in [1.807, 2.05) is 0 Å². The predicted molar refractivity (Wildman–Crippen MR) is 62.7 cm³/mol. The van der Waals surface area contributed by atoms with Crippen LogP contribution in [-0.4, -0.2) is 40.6 Å². The van der Waals surface area contributed by atoms with E-state index in [9.17, 15) is 9.59 Å². The number of carboxylic acid groups (broad SMARTS) is 1. The zero-order valence-electron chi connectivity index (χ0n) is 10.2. The van der Waals surface area contributed by atoms with E-state index in [0.29, 0.717) is 18.9 Å². The first kappa shape index (κ1) is 12.2. The van der Waals surface area contributed by atoms with Crippen LogP contribution in [0.25, 0.3) is 0 Å². The Bertz CT molecular complexity index is 319. The maximum Gasteiger partial charge on any atom is 0.326 e. The molecule has 5 heteroatoms. The van der Waals surface area contributed by atoms with Crippen LogP contribution in [0.5, 0.6) is 0 Å². The number of nitrogens with one attached hydrogen (secondary N) is 1. The first-order chi connectivity index (χ1) is 8.13. The molecule has 0 aromatic heterocycles. The summed E-state index contributed by atoms with van der Waals surface area (Å²) in [6.07, 6.45) is 4.69. The number of aliphatic carboxylic acids is 1. The molecule has 0 radical (unpaired) electrons. The third kappa shape index (κ3) is 2.70. The second-order valence-electron chi connectivity index (χ2n) is 5.03. The monoisotopic (exact) mass is 240 g/mol. The van der Waals surface area contributed by atoms with Crippen LogP contribution in [0, 0.1) is 5.92 Å². The summed E-state index contributed by atoms with van der Waals surface area (Å²) >= 11 is 0. The van der Waals surface area contributed by atoms with Gasteiger partial charge >= 0.3 is 12.0 Å². The molecule has 1 heterocycles. The van der Waals surface area contributed by atoms with Crippen LogP contribution in [0.4, 0.5) is 4.79 Å². The first-order valence-corrected chi connectivity index (χ1v) is 6.43. The quantitative estimate of drug-likeness (QED) is 0.781. The minimum Gasteiger partial charge on any atom is -0.480 e. The molecule has 5 nitrogen and oxygen atoms in total. The van der Waals surface area contributed by atoms with Crippen molar-refractivity contribution in [2.75, 3.05) is 6.54 Å². The molecule has 0 aromatic carbocycles. The number of nitrogens with zero attached hydrogens (tertiary/aromatic N) is 1. The molecule has 3 atom stereocenters. The molecular weight excluding hydrogens is 220 g/mol. The summed E-state index contributed by atoms with van der Waals surface area (Å²) < 4.78 is 0. The number of carboxylic acids is 1. The lowest BCUT2D eigenvalue weighted by atomic mass is 10.2. The molecule has 0 spiro atoms. The number of urea groups is 1. The van der Waals surface area contributed by atoms with Gasteiger partial charge in [-0.05, 0) is 31.6 Å². The molecule has 0 aromatic rings. The Morgan fingerprint density at radius 3 is 2.88 bits per heavy atom. The van der Waals surface area contributed by atoms with Crippen LogP contribution >= 0.6 is 0 Å². The van der Waals surface area contributed by atoms with Crippen molar-refractivity contribution in [2.24, 2.45) is 5.92 Å². The number of rotatable bonds is 4. The summed E-state index contributed by atoms with van der Waals surface area (Å²) in [5.41, 5.74) is 0. The van der Waals surface area contributed by atoms with Gasteiger partial charge in [0.25, 0.3) is 0 Å². The first-order valence-electron chi connectivity index (χ1n) is 6.43. The maximum absolute atomic E-state index is 11.9. The average molecular weight is 240 g/mol. The van der Waals surface area contributed by atoms with Gasteiger partial charge in [0, 0.05) is 12.6 Å². The van der Waals surface area contributed by atoms with Crippen molar-refractivity contribution in [2.45, 2.75) is 51.1 Å². The van der Waals surface area contributed by atoms with Gasteiger partial charge < -0.3 is 15.3 Å². The van der Waals surface area contributed by atoms with Gasteiger partial charge in [0.2, 0.25) is 0 Å². The Hall–Kier alpha value is -1.26. The van der Waals surface area contributed by atoms with Gasteiger partial charge in [-0.1, -0.05) is 13.3 Å². The predicted octanol–water partition coefficient (Wildman–Crippen LogP) is 1.43. The fourth-order valence-corrected chi connectivity index (χ4v) is 2.62. The van der Waals surface area contributed by atoms with E-state index in [1.165, 1.54) is 4.90 Å². The fraction of sp³-hybridized carbons (Fsp3) is 0.833. The van der Waals surface area contributed by atoms with Crippen molar-refractivity contribution in [3.8, 4) is 0 Å². The third-order valence-corrected chi connectivity index (χ3v) is 3.69. The molecule has 2 rings (SSSR count). The van der Waals surface area contributed by atoms with Crippen molar-refractivity contribution < 1.29 is 14.7 Å². The highest BCUT2D eigenvalue weighted by Gasteiger charge is 2.40. The minimum atomic E-state index is -0.890. The molecule has 17 heavy (non-hydrogen) atoms. The lowest BCUT2D eigenvalue weighted by Gasteiger charge is -2.21. The molecule has 1 aliphatic carbocycles. The van der Waals surface area contributed by atoms with Gasteiger partial charge in [0.1, 0.15) is 6.04 Å². The van der Waals surface area contributed by atoms with E-state index in [-0.39, 0.29) is 12.1 Å².